The predicted octanol–water partition coefficient (Wildman–Crippen LogP) is 2.58. The first-order chi connectivity index (χ1) is 12.0. The van der Waals surface area contributed by atoms with Crippen molar-refractivity contribution in [3.63, 3.8) is 0 Å². The molecule has 0 radical (unpaired) electrons. The fourth-order valence-corrected chi connectivity index (χ4v) is 3.22. The van der Waals surface area contributed by atoms with Crippen LogP contribution in [0.1, 0.15) is 50.4 Å². The second-order valence-corrected chi connectivity index (χ2v) is 8.97. The molecule has 0 saturated heterocycles. The summed E-state index contributed by atoms with van der Waals surface area (Å²) in [5, 5.41) is 7.82. The zero-order valence-corrected chi connectivity index (χ0v) is 17.5. The van der Waals surface area contributed by atoms with Gasteiger partial charge in [-0.1, -0.05) is 26.7 Å². The van der Waals surface area contributed by atoms with Gasteiger partial charge in [0.1, 0.15) is 0 Å². The molecule has 1 aromatic rings. The number of esters is 1. The molecule has 0 aromatic heterocycles. The van der Waals surface area contributed by atoms with E-state index in [1.807, 2.05) is 6.92 Å². The van der Waals surface area contributed by atoms with Crippen molar-refractivity contribution in [3.05, 3.63) is 28.2 Å². The molecule has 0 heterocycles. The van der Waals surface area contributed by atoms with Gasteiger partial charge in [0, 0.05) is 10.5 Å². The minimum Gasteiger partial charge on any atom is -0.452 e. The molecule has 1 amide bonds. The van der Waals surface area contributed by atoms with Gasteiger partial charge < -0.3 is 10.1 Å². The van der Waals surface area contributed by atoms with Gasteiger partial charge in [0.2, 0.25) is 10.0 Å². The predicted molar refractivity (Wildman–Crippen MR) is 102 cm³/mol. The molecule has 0 fully saturated rings. The quantitative estimate of drug-likeness (QED) is 0.563. The second-order valence-electron chi connectivity index (χ2n) is 6.56. The number of rotatable bonds is 9. The maximum atomic E-state index is 12.1. The number of carbonyl (C=O) groups is 2. The molecule has 3 N–H and O–H groups in total. The number of sulfonamides is 1. The summed E-state index contributed by atoms with van der Waals surface area (Å²) in [6.07, 6.45) is 2.94. The molecule has 1 aromatic carbocycles. The number of ether oxygens (including phenoxy) is 1. The van der Waals surface area contributed by atoms with Gasteiger partial charge in [-0.15, -0.1) is 0 Å². The third-order valence-corrected chi connectivity index (χ3v) is 5.25. The van der Waals surface area contributed by atoms with Gasteiger partial charge in [-0.05, 0) is 53.4 Å². The smallest absolute Gasteiger partial charge is 0.339 e. The van der Waals surface area contributed by atoms with Gasteiger partial charge in [0.15, 0.2) is 6.61 Å². The Hall–Kier alpha value is -1.45. The Morgan fingerprint density at radius 1 is 1.23 bits per heavy atom. The van der Waals surface area contributed by atoms with Crippen molar-refractivity contribution < 1.29 is 22.7 Å². The molecule has 0 aliphatic heterocycles. The van der Waals surface area contributed by atoms with Crippen molar-refractivity contribution in [2.45, 2.75) is 51.0 Å². The highest BCUT2D eigenvalue weighted by atomic mass is 79.9. The topological polar surface area (TPSA) is 116 Å². The summed E-state index contributed by atoms with van der Waals surface area (Å²) in [5.74, 6) is -0.607. The Bertz CT molecular complexity index is 750. The van der Waals surface area contributed by atoms with E-state index in [4.69, 9.17) is 9.88 Å². The Kier molecular flexibility index (Phi) is 8.72. The van der Waals surface area contributed by atoms with Crippen LogP contribution in [0.3, 0.4) is 0 Å². The minimum absolute atomic E-state index is 0.0163. The number of hydrogen-bond acceptors (Lipinski definition) is 5. The third-order valence-electron chi connectivity index (χ3n) is 3.65. The van der Waals surface area contributed by atoms with E-state index in [2.05, 4.69) is 35.1 Å². The van der Waals surface area contributed by atoms with E-state index in [0.29, 0.717) is 10.4 Å². The summed E-state index contributed by atoms with van der Waals surface area (Å²) >= 11 is 3.15. The summed E-state index contributed by atoms with van der Waals surface area (Å²) < 4.78 is 28.1. The van der Waals surface area contributed by atoms with Crippen molar-refractivity contribution >= 4 is 37.8 Å². The van der Waals surface area contributed by atoms with E-state index < -0.39 is 28.5 Å². The number of carbonyl (C=O) groups excluding carboxylic acids is 2. The molecule has 9 heteroatoms. The Labute approximate surface area is 162 Å². The van der Waals surface area contributed by atoms with Crippen molar-refractivity contribution in [1.29, 1.82) is 0 Å². The molecular weight excluding hydrogens is 424 g/mol. The maximum absolute atomic E-state index is 12.1. The van der Waals surface area contributed by atoms with Crippen molar-refractivity contribution in [2.75, 3.05) is 6.61 Å². The molecule has 7 nitrogen and oxygen atoms in total. The number of primary sulfonamides is 1. The summed E-state index contributed by atoms with van der Waals surface area (Å²) in [5.41, 5.74) is -0.0192. The molecule has 146 valence electrons. The average molecular weight is 449 g/mol. The van der Waals surface area contributed by atoms with Crippen LogP contribution in [0.15, 0.2) is 27.6 Å². The van der Waals surface area contributed by atoms with Crippen LogP contribution in [0.2, 0.25) is 0 Å². The van der Waals surface area contributed by atoms with Crippen LogP contribution in [0, 0.1) is 5.92 Å². The molecule has 1 atom stereocenters. The van der Waals surface area contributed by atoms with Gasteiger partial charge in [-0.3, -0.25) is 4.79 Å². The first-order valence-corrected chi connectivity index (χ1v) is 10.6. The number of nitrogens with two attached hydrogens (primary N) is 1. The zero-order chi connectivity index (χ0) is 19.9. The van der Waals surface area contributed by atoms with Crippen LogP contribution in [0.4, 0.5) is 0 Å². The van der Waals surface area contributed by atoms with Gasteiger partial charge in [-0.2, -0.15) is 0 Å². The normalized spacial score (nSPS) is 12.7. The highest BCUT2D eigenvalue weighted by Crippen LogP contribution is 2.21. The number of benzene rings is 1. The average Bonchev–Trinajstić information content (AvgIpc) is 2.51. The first kappa shape index (κ1) is 22.6. The van der Waals surface area contributed by atoms with E-state index >= 15 is 0 Å². The molecule has 0 bridgehead atoms. The standard InChI is InChI=1S/C17H25BrN2O5S/c1-11(2)5-4-6-12(3)20-16(21)10-25-17(22)14-9-13(26(19,23)24)7-8-15(14)18/h7-9,11-12H,4-6,10H2,1-3H3,(H,20,21)(H2,19,23,24). The maximum Gasteiger partial charge on any atom is 0.339 e. The van der Waals surface area contributed by atoms with Gasteiger partial charge in [0.05, 0.1) is 10.5 Å². The van der Waals surface area contributed by atoms with Crippen molar-refractivity contribution in [2.24, 2.45) is 11.1 Å². The number of halogens is 1. The highest BCUT2D eigenvalue weighted by Gasteiger charge is 2.18. The fraction of sp³-hybridized carbons (Fsp3) is 0.529. The molecule has 0 aliphatic carbocycles. The van der Waals surface area contributed by atoms with E-state index in [-0.39, 0.29) is 16.5 Å². The lowest BCUT2D eigenvalue weighted by Crippen LogP contribution is -2.35. The summed E-state index contributed by atoms with van der Waals surface area (Å²) in [6.45, 7) is 5.74. The third kappa shape index (κ3) is 7.84. The second kappa shape index (κ2) is 10.0. The van der Waals surface area contributed by atoms with Gasteiger partial charge >= 0.3 is 5.97 Å². The van der Waals surface area contributed by atoms with Crippen LogP contribution in [0.5, 0.6) is 0 Å². The van der Waals surface area contributed by atoms with Gasteiger partial charge in [0.25, 0.3) is 5.91 Å². The lowest BCUT2D eigenvalue weighted by molar-refractivity contribution is -0.124. The zero-order valence-electron chi connectivity index (χ0n) is 15.1. The summed E-state index contributed by atoms with van der Waals surface area (Å²) in [7, 11) is -3.95. The Morgan fingerprint density at radius 3 is 2.46 bits per heavy atom. The van der Waals surface area contributed by atoms with E-state index in [1.54, 1.807) is 0 Å². The molecule has 1 unspecified atom stereocenters. The lowest BCUT2D eigenvalue weighted by Gasteiger charge is -2.14. The van der Waals surface area contributed by atoms with Crippen LogP contribution in [-0.4, -0.2) is 32.9 Å². The number of amides is 1. The molecule has 0 aliphatic rings. The van der Waals surface area contributed by atoms with Crippen LogP contribution in [-0.2, 0) is 19.6 Å². The monoisotopic (exact) mass is 448 g/mol. The molecule has 1 rings (SSSR count). The minimum atomic E-state index is -3.95. The highest BCUT2D eigenvalue weighted by molar-refractivity contribution is 9.10. The Balaban J connectivity index is 2.57. The number of nitrogens with one attached hydrogen (secondary N) is 1. The van der Waals surface area contributed by atoms with Crippen molar-refractivity contribution in [3.8, 4) is 0 Å². The SMILES string of the molecule is CC(C)CCCC(C)NC(=O)COC(=O)c1cc(S(N)(=O)=O)ccc1Br. The fourth-order valence-electron chi connectivity index (χ4n) is 2.27. The summed E-state index contributed by atoms with van der Waals surface area (Å²) in [4.78, 5) is 23.8. The largest absolute Gasteiger partial charge is 0.452 e. The van der Waals surface area contributed by atoms with E-state index in [0.717, 1.165) is 25.3 Å². The molecule has 26 heavy (non-hydrogen) atoms. The number of hydrogen-bond donors (Lipinski definition) is 2. The van der Waals surface area contributed by atoms with Crippen LogP contribution in [0.25, 0.3) is 0 Å². The van der Waals surface area contributed by atoms with E-state index in [1.165, 1.54) is 12.1 Å². The Morgan fingerprint density at radius 2 is 1.88 bits per heavy atom. The van der Waals surface area contributed by atoms with Crippen LogP contribution >= 0.6 is 15.9 Å². The van der Waals surface area contributed by atoms with Crippen molar-refractivity contribution in [1.82, 2.24) is 5.32 Å². The summed E-state index contributed by atoms with van der Waals surface area (Å²) in [6, 6.07) is 3.74. The van der Waals surface area contributed by atoms with E-state index in [9.17, 15) is 18.0 Å². The molecule has 0 spiro atoms. The van der Waals surface area contributed by atoms with Crippen LogP contribution < -0.4 is 10.5 Å². The van der Waals surface area contributed by atoms with Gasteiger partial charge in [-0.25, -0.2) is 18.4 Å². The molecule has 0 saturated carbocycles. The lowest BCUT2D eigenvalue weighted by atomic mass is 10.0. The first-order valence-electron chi connectivity index (χ1n) is 8.29. The molecular formula is C17H25BrN2O5S.